The Balaban J connectivity index is 2.20. The number of carbonyl (C=O) groups is 1. The molecule has 0 atom stereocenters. The summed E-state index contributed by atoms with van der Waals surface area (Å²) in [5.74, 6) is -1.16. The van der Waals surface area contributed by atoms with Crippen molar-refractivity contribution in [1.29, 1.82) is 0 Å². The quantitative estimate of drug-likeness (QED) is 0.754. The van der Waals surface area contributed by atoms with Crippen molar-refractivity contribution in [2.75, 3.05) is 0 Å². The Labute approximate surface area is 122 Å². The topological polar surface area (TPSA) is 116 Å². The largest absolute Gasteiger partial charge is 0.477 e. The van der Waals surface area contributed by atoms with Crippen molar-refractivity contribution in [1.82, 2.24) is 9.71 Å². The number of rotatable bonds is 5. The molecule has 0 spiro atoms. The van der Waals surface area contributed by atoms with Gasteiger partial charge >= 0.3 is 10.8 Å². The third-order valence-electron chi connectivity index (χ3n) is 2.38. The van der Waals surface area contributed by atoms with E-state index in [2.05, 4.69) is 9.71 Å². The minimum absolute atomic E-state index is 0.00526. The Kier molecular flexibility index (Phi) is 4.09. The minimum Gasteiger partial charge on any atom is -0.477 e. The number of nitrogens with one attached hydrogen (secondary N) is 2. The van der Waals surface area contributed by atoms with Crippen LogP contribution in [-0.4, -0.2) is 24.5 Å². The van der Waals surface area contributed by atoms with E-state index in [-0.39, 0.29) is 20.5 Å². The van der Waals surface area contributed by atoms with Gasteiger partial charge in [0.1, 0.15) is 9.09 Å². The van der Waals surface area contributed by atoms with Crippen molar-refractivity contribution in [2.24, 2.45) is 0 Å². The van der Waals surface area contributed by atoms with Gasteiger partial charge in [0.05, 0.1) is 6.54 Å². The van der Waals surface area contributed by atoms with Gasteiger partial charge in [0.2, 0.25) is 10.0 Å². The Morgan fingerprint density at radius 3 is 2.70 bits per heavy atom. The van der Waals surface area contributed by atoms with Crippen LogP contribution in [0.5, 0.6) is 0 Å². The zero-order chi connectivity index (χ0) is 14.9. The lowest BCUT2D eigenvalue weighted by Gasteiger charge is -2.02. The van der Waals surface area contributed by atoms with Crippen LogP contribution < -0.4 is 9.60 Å². The highest BCUT2D eigenvalue weighted by atomic mass is 32.2. The summed E-state index contributed by atoms with van der Waals surface area (Å²) in [6, 6.07) is 1.31. The average molecular weight is 334 g/mol. The first kappa shape index (κ1) is 14.9. The van der Waals surface area contributed by atoms with Crippen LogP contribution in [0.1, 0.15) is 20.9 Å². The number of aromatic nitrogens is 1. The molecule has 0 aliphatic heterocycles. The van der Waals surface area contributed by atoms with Crippen LogP contribution in [0.4, 0.5) is 0 Å². The number of aromatic amines is 1. The molecule has 2 rings (SSSR count). The number of thiazole rings is 1. The molecule has 0 fully saturated rings. The molecule has 0 aliphatic carbocycles. The molecule has 0 bridgehead atoms. The standard InChI is InChI=1S/C10H10N2O5S3/c1-5-2-7(19-8(5)9(13)14)20(16,17)11-3-6-4-18-10(15)12-6/h2,4,11H,3H2,1H3,(H,12,15)(H,13,14). The molecule has 0 unspecified atom stereocenters. The van der Waals surface area contributed by atoms with Gasteiger partial charge in [-0.15, -0.1) is 11.3 Å². The second-order valence-corrected chi connectivity index (χ2v) is 7.77. The Morgan fingerprint density at radius 1 is 1.50 bits per heavy atom. The summed E-state index contributed by atoms with van der Waals surface area (Å²) in [5.41, 5.74) is 0.849. The third-order valence-corrected chi connectivity index (χ3v) is 6.20. The van der Waals surface area contributed by atoms with Crippen molar-refractivity contribution in [3.05, 3.63) is 37.2 Å². The van der Waals surface area contributed by atoms with E-state index in [1.807, 2.05) is 0 Å². The molecule has 20 heavy (non-hydrogen) atoms. The molecule has 2 aromatic rings. The van der Waals surface area contributed by atoms with Crippen molar-refractivity contribution < 1.29 is 18.3 Å². The predicted molar refractivity (Wildman–Crippen MR) is 75.0 cm³/mol. The van der Waals surface area contributed by atoms with Gasteiger partial charge in [0.15, 0.2) is 0 Å². The lowest BCUT2D eigenvalue weighted by atomic mass is 10.3. The van der Waals surface area contributed by atoms with Crippen molar-refractivity contribution >= 4 is 38.7 Å². The number of H-pyrrole nitrogens is 1. The van der Waals surface area contributed by atoms with Gasteiger partial charge < -0.3 is 10.1 Å². The van der Waals surface area contributed by atoms with Crippen molar-refractivity contribution in [2.45, 2.75) is 17.7 Å². The summed E-state index contributed by atoms with van der Waals surface area (Å²) in [4.78, 5) is 24.0. The lowest BCUT2D eigenvalue weighted by Crippen LogP contribution is -2.22. The molecular weight excluding hydrogens is 324 g/mol. The summed E-state index contributed by atoms with van der Waals surface area (Å²) in [7, 11) is -3.80. The number of hydrogen-bond donors (Lipinski definition) is 3. The van der Waals surface area contributed by atoms with Gasteiger partial charge in [-0.2, -0.15) is 0 Å². The molecule has 7 nitrogen and oxygen atoms in total. The Morgan fingerprint density at radius 2 is 2.20 bits per heavy atom. The first-order valence-electron chi connectivity index (χ1n) is 5.29. The van der Waals surface area contributed by atoms with Gasteiger partial charge in [-0.1, -0.05) is 11.3 Å². The first-order valence-corrected chi connectivity index (χ1v) is 8.47. The normalized spacial score (nSPS) is 11.7. The van der Waals surface area contributed by atoms with E-state index in [4.69, 9.17) is 5.11 Å². The SMILES string of the molecule is Cc1cc(S(=O)(=O)NCc2csc(=O)[nH]2)sc1C(=O)O. The van der Waals surface area contributed by atoms with Gasteiger partial charge in [-0.3, -0.25) is 4.79 Å². The van der Waals surface area contributed by atoms with Gasteiger partial charge in [0, 0.05) is 11.1 Å². The molecule has 0 aliphatic rings. The van der Waals surface area contributed by atoms with Crippen LogP contribution in [0, 0.1) is 6.92 Å². The van der Waals surface area contributed by atoms with Crippen LogP contribution >= 0.6 is 22.7 Å². The van der Waals surface area contributed by atoms with E-state index in [0.717, 1.165) is 11.3 Å². The first-order chi connectivity index (χ1) is 9.29. The number of thiophene rings is 1. The molecule has 0 saturated carbocycles. The second kappa shape index (κ2) is 5.48. The summed E-state index contributed by atoms with van der Waals surface area (Å²) >= 11 is 1.64. The summed E-state index contributed by atoms with van der Waals surface area (Å²) in [6.07, 6.45) is 0. The highest BCUT2D eigenvalue weighted by molar-refractivity contribution is 7.91. The maximum absolute atomic E-state index is 12.0. The van der Waals surface area contributed by atoms with Crippen LogP contribution in [0.2, 0.25) is 0 Å². The molecule has 108 valence electrons. The molecule has 0 saturated heterocycles. The van der Waals surface area contributed by atoms with Crippen LogP contribution in [0.3, 0.4) is 0 Å². The van der Waals surface area contributed by atoms with Crippen LogP contribution in [0.15, 0.2) is 20.5 Å². The van der Waals surface area contributed by atoms with E-state index < -0.39 is 16.0 Å². The predicted octanol–water partition coefficient (Wildman–Crippen LogP) is 0.983. The van der Waals surface area contributed by atoms with Crippen molar-refractivity contribution in [3.63, 3.8) is 0 Å². The number of carboxylic acid groups (broad SMARTS) is 1. The van der Waals surface area contributed by atoms with Gasteiger partial charge in [0.25, 0.3) is 0 Å². The Bertz CT molecular complexity index is 799. The summed E-state index contributed by atoms with van der Waals surface area (Å²) < 4.78 is 26.3. The van der Waals surface area contributed by atoms with Crippen LogP contribution in [-0.2, 0) is 16.6 Å². The Hall–Kier alpha value is -1.49. The molecule has 3 N–H and O–H groups in total. The highest BCUT2D eigenvalue weighted by Gasteiger charge is 2.21. The zero-order valence-electron chi connectivity index (χ0n) is 10.2. The average Bonchev–Trinajstić information content (AvgIpc) is 2.93. The molecule has 0 amide bonds. The summed E-state index contributed by atoms with van der Waals surface area (Å²) in [5, 5.41) is 10.4. The van der Waals surface area contributed by atoms with E-state index in [1.165, 1.54) is 18.4 Å². The molecule has 0 aromatic carbocycles. The zero-order valence-corrected chi connectivity index (χ0v) is 12.6. The minimum atomic E-state index is -3.80. The molecule has 2 heterocycles. The van der Waals surface area contributed by atoms with Crippen LogP contribution in [0.25, 0.3) is 0 Å². The van der Waals surface area contributed by atoms with E-state index in [0.29, 0.717) is 22.6 Å². The van der Waals surface area contributed by atoms with E-state index >= 15 is 0 Å². The molecule has 10 heteroatoms. The van der Waals surface area contributed by atoms with Gasteiger partial charge in [-0.05, 0) is 18.6 Å². The fourth-order valence-electron chi connectivity index (χ4n) is 1.44. The molecule has 0 radical (unpaired) electrons. The second-order valence-electron chi connectivity index (χ2n) is 3.88. The maximum atomic E-state index is 12.0. The lowest BCUT2D eigenvalue weighted by molar-refractivity contribution is 0.0701. The van der Waals surface area contributed by atoms with E-state index in [1.54, 1.807) is 0 Å². The molecule has 2 aromatic heterocycles. The maximum Gasteiger partial charge on any atom is 0.346 e. The van der Waals surface area contributed by atoms with E-state index in [9.17, 15) is 18.0 Å². The highest BCUT2D eigenvalue weighted by Crippen LogP contribution is 2.25. The number of aromatic carboxylic acids is 1. The number of sulfonamides is 1. The fourth-order valence-corrected chi connectivity index (χ4v) is 4.45. The van der Waals surface area contributed by atoms with Gasteiger partial charge in [-0.25, -0.2) is 17.9 Å². The number of hydrogen-bond acceptors (Lipinski definition) is 6. The van der Waals surface area contributed by atoms with Crippen molar-refractivity contribution in [3.8, 4) is 0 Å². The molecular formula is C10H10N2O5S3. The summed E-state index contributed by atoms with van der Waals surface area (Å²) in [6.45, 7) is 1.48. The number of aryl methyl sites for hydroxylation is 1. The third kappa shape index (κ3) is 3.15. The smallest absolute Gasteiger partial charge is 0.346 e. The fraction of sp³-hybridized carbons (Fsp3) is 0.200. The monoisotopic (exact) mass is 334 g/mol. The number of carboxylic acids is 1.